The molecule has 0 radical (unpaired) electrons. The Bertz CT molecular complexity index is 253. The van der Waals surface area contributed by atoms with Crippen LogP contribution in [0.3, 0.4) is 0 Å². The molecule has 5 heteroatoms. The molecule has 0 saturated carbocycles. The molecule has 16 heavy (non-hydrogen) atoms. The van der Waals surface area contributed by atoms with Gasteiger partial charge in [0.05, 0.1) is 5.75 Å². The molecule has 98 valence electrons. The summed E-state index contributed by atoms with van der Waals surface area (Å²) in [4.78, 5) is 0. The minimum Gasteiger partial charge on any atom is -0.320 e. The lowest BCUT2D eigenvalue weighted by Gasteiger charge is -2.16. The zero-order valence-corrected chi connectivity index (χ0v) is 11.6. The third kappa shape index (κ3) is 7.19. The number of hydrogen-bond donors (Lipinski definition) is 1. The van der Waals surface area contributed by atoms with E-state index in [0.29, 0.717) is 6.54 Å². The first kappa shape index (κ1) is 15.9. The maximum Gasteiger partial charge on any atom is 0.213 e. The first-order valence-electron chi connectivity index (χ1n) is 6.13. The van der Waals surface area contributed by atoms with E-state index in [1.54, 1.807) is 7.05 Å². The zero-order valence-electron chi connectivity index (χ0n) is 10.8. The third-order valence-electron chi connectivity index (χ3n) is 2.63. The van der Waals surface area contributed by atoms with Crippen LogP contribution < -0.4 is 5.32 Å². The predicted octanol–water partition coefficient (Wildman–Crippen LogP) is 1.44. The van der Waals surface area contributed by atoms with Gasteiger partial charge in [0, 0.05) is 13.6 Å². The zero-order chi connectivity index (χ0) is 12.4. The van der Waals surface area contributed by atoms with Gasteiger partial charge in [-0.15, -0.1) is 0 Å². The first-order chi connectivity index (χ1) is 7.54. The van der Waals surface area contributed by atoms with E-state index >= 15 is 0 Å². The van der Waals surface area contributed by atoms with Crippen molar-refractivity contribution in [3.63, 3.8) is 0 Å². The molecule has 0 fully saturated rings. The Balaban J connectivity index is 3.82. The van der Waals surface area contributed by atoms with Crippen LogP contribution in [0.5, 0.6) is 0 Å². The smallest absolute Gasteiger partial charge is 0.213 e. The number of unbranched alkanes of at least 4 members (excludes halogenated alkanes) is 3. The van der Waals surface area contributed by atoms with E-state index in [1.165, 1.54) is 4.31 Å². The van der Waals surface area contributed by atoms with Crippen molar-refractivity contribution in [2.24, 2.45) is 0 Å². The average Bonchev–Trinajstić information content (AvgIpc) is 2.24. The number of nitrogens with one attached hydrogen (secondary N) is 1. The Morgan fingerprint density at radius 2 is 1.81 bits per heavy atom. The molecule has 0 aliphatic rings. The molecule has 0 aromatic rings. The van der Waals surface area contributed by atoms with Gasteiger partial charge in [-0.25, -0.2) is 12.7 Å². The van der Waals surface area contributed by atoms with Gasteiger partial charge in [-0.3, -0.25) is 0 Å². The SMILES string of the molecule is CCCCCN(C)S(=O)(=O)CCCCNC. The summed E-state index contributed by atoms with van der Waals surface area (Å²) >= 11 is 0. The molecule has 0 aliphatic heterocycles. The van der Waals surface area contributed by atoms with Crippen LogP contribution in [0.4, 0.5) is 0 Å². The van der Waals surface area contributed by atoms with Gasteiger partial charge in [0.1, 0.15) is 0 Å². The van der Waals surface area contributed by atoms with Gasteiger partial charge < -0.3 is 5.32 Å². The normalized spacial score (nSPS) is 12.2. The summed E-state index contributed by atoms with van der Waals surface area (Å²) in [5.74, 6) is 0.275. The highest BCUT2D eigenvalue weighted by atomic mass is 32.2. The summed E-state index contributed by atoms with van der Waals surface area (Å²) < 4.78 is 25.1. The molecule has 0 amide bonds. The lowest BCUT2D eigenvalue weighted by atomic mass is 10.2. The van der Waals surface area contributed by atoms with Gasteiger partial charge in [0.25, 0.3) is 0 Å². The van der Waals surface area contributed by atoms with Crippen molar-refractivity contribution < 1.29 is 8.42 Å². The summed E-state index contributed by atoms with van der Waals surface area (Å²) in [5, 5.41) is 3.02. The lowest BCUT2D eigenvalue weighted by Crippen LogP contribution is -2.30. The van der Waals surface area contributed by atoms with Gasteiger partial charge >= 0.3 is 0 Å². The number of rotatable bonds is 10. The first-order valence-corrected chi connectivity index (χ1v) is 7.74. The van der Waals surface area contributed by atoms with Crippen LogP contribution >= 0.6 is 0 Å². The van der Waals surface area contributed by atoms with E-state index in [2.05, 4.69) is 12.2 Å². The summed E-state index contributed by atoms with van der Waals surface area (Å²) in [7, 11) is 0.548. The van der Waals surface area contributed by atoms with E-state index in [0.717, 1.165) is 38.6 Å². The highest BCUT2D eigenvalue weighted by Gasteiger charge is 2.16. The second kappa shape index (κ2) is 8.96. The fourth-order valence-corrected chi connectivity index (χ4v) is 2.75. The summed E-state index contributed by atoms with van der Waals surface area (Å²) in [5.41, 5.74) is 0. The molecule has 0 aromatic carbocycles. The maximum atomic E-state index is 11.8. The van der Waals surface area contributed by atoms with Crippen molar-refractivity contribution in [1.29, 1.82) is 0 Å². The fraction of sp³-hybridized carbons (Fsp3) is 1.00. The number of hydrogen-bond acceptors (Lipinski definition) is 3. The van der Waals surface area contributed by atoms with Crippen molar-refractivity contribution in [2.45, 2.75) is 39.0 Å². The summed E-state index contributed by atoms with van der Waals surface area (Å²) in [6, 6.07) is 0. The van der Waals surface area contributed by atoms with Crippen LogP contribution in [0.1, 0.15) is 39.0 Å². The highest BCUT2D eigenvalue weighted by Crippen LogP contribution is 2.05. The Morgan fingerprint density at radius 3 is 2.38 bits per heavy atom. The van der Waals surface area contributed by atoms with E-state index in [9.17, 15) is 8.42 Å². The fourth-order valence-electron chi connectivity index (χ4n) is 1.47. The van der Waals surface area contributed by atoms with Gasteiger partial charge in [0.2, 0.25) is 10.0 Å². The lowest BCUT2D eigenvalue weighted by molar-refractivity contribution is 0.452. The van der Waals surface area contributed by atoms with E-state index in [-0.39, 0.29) is 5.75 Å². The second-order valence-corrected chi connectivity index (χ2v) is 6.35. The van der Waals surface area contributed by atoms with Crippen LogP contribution in [-0.2, 0) is 10.0 Å². The highest BCUT2D eigenvalue weighted by molar-refractivity contribution is 7.89. The molecule has 0 saturated heterocycles. The van der Waals surface area contributed by atoms with Crippen LogP contribution in [0.25, 0.3) is 0 Å². The van der Waals surface area contributed by atoms with Crippen LogP contribution in [0, 0.1) is 0 Å². The van der Waals surface area contributed by atoms with Crippen molar-refractivity contribution in [3.8, 4) is 0 Å². The number of nitrogens with zero attached hydrogens (tertiary/aromatic N) is 1. The molecule has 0 spiro atoms. The molecule has 4 nitrogen and oxygen atoms in total. The number of sulfonamides is 1. The van der Waals surface area contributed by atoms with Gasteiger partial charge in [-0.05, 0) is 32.9 Å². The van der Waals surface area contributed by atoms with E-state index in [1.807, 2.05) is 7.05 Å². The quantitative estimate of drug-likeness (QED) is 0.597. The Hall–Kier alpha value is -0.130. The molecule has 0 aliphatic carbocycles. The van der Waals surface area contributed by atoms with Crippen molar-refractivity contribution in [3.05, 3.63) is 0 Å². The predicted molar refractivity (Wildman–Crippen MR) is 69.1 cm³/mol. The molecular formula is C11H26N2O2S. The standard InChI is InChI=1S/C11H26N2O2S/c1-4-5-7-10-13(3)16(14,15)11-8-6-9-12-2/h12H,4-11H2,1-3H3. The minimum absolute atomic E-state index is 0.275. The molecule has 0 heterocycles. The Kier molecular flexibility index (Phi) is 8.89. The minimum atomic E-state index is -3.02. The van der Waals surface area contributed by atoms with E-state index < -0.39 is 10.0 Å². The monoisotopic (exact) mass is 250 g/mol. The topological polar surface area (TPSA) is 49.4 Å². The molecular weight excluding hydrogens is 224 g/mol. The molecule has 0 bridgehead atoms. The molecule has 0 rings (SSSR count). The Morgan fingerprint density at radius 1 is 1.12 bits per heavy atom. The summed E-state index contributed by atoms with van der Waals surface area (Å²) in [6.07, 6.45) is 4.83. The average molecular weight is 250 g/mol. The van der Waals surface area contributed by atoms with Gasteiger partial charge in [0.15, 0.2) is 0 Å². The van der Waals surface area contributed by atoms with Crippen molar-refractivity contribution in [2.75, 3.05) is 32.9 Å². The van der Waals surface area contributed by atoms with Crippen LogP contribution in [-0.4, -0.2) is 45.7 Å². The largest absolute Gasteiger partial charge is 0.320 e. The molecule has 0 aromatic heterocycles. The molecule has 0 atom stereocenters. The molecule has 0 unspecified atom stereocenters. The summed E-state index contributed by atoms with van der Waals surface area (Å²) in [6.45, 7) is 3.66. The van der Waals surface area contributed by atoms with Gasteiger partial charge in [-0.2, -0.15) is 0 Å². The second-order valence-electron chi connectivity index (χ2n) is 4.16. The third-order valence-corrected chi connectivity index (χ3v) is 4.57. The maximum absolute atomic E-state index is 11.8. The van der Waals surface area contributed by atoms with Gasteiger partial charge in [-0.1, -0.05) is 19.8 Å². The van der Waals surface area contributed by atoms with Crippen LogP contribution in [0.15, 0.2) is 0 Å². The Labute approximate surface area is 100 Å². The van der Waals surface area contributed by atoms with E-state index in [4.69, 9.17) is 0 Å². The van der Waals surface area contributed by atoms with Crippen LogP contribution in [0.2, 0.25) is 0 Å². The van der Waals surface area contributed by atoms with Crippen molar-refractivity contribution >= 4 is 10.0 Å². The molecule has 1 N–H and O–H groups in total. The van der Waals surface area contributed by atoms with Crippen molar-refractivity contribution in [1.82, 2.24) is 9.62 Å².